The lowest BCUT2D eigenvalue weighted by Crippen LogP contribution is -2.53. The van der Waals surface area contributed by atoms with Crippen LogP contribution in [-0.2, 0) is 21.4 Å². The van der Waals surface area contributed by atoms with Crippen molar-refractivity contribution in [1.29, 1.82) is 0 Å². The first kappa shape index (κ1) is 19.1. The van der Waals surface area contributed by atoms with E-state index in [0.29, 0.717) is 31.2 Å². The van der Waals surface area contributed by atoms with Crippen LogP contribution in [0.5, 0.6) is 0 Å². The third-order valence-corrected chi connectivity index (χ3v) is 7.10. The summed E-state index contributed by atoms with van der Waals surface area (Å²) >= 11 is 0. The van der Waals surface area contributed by atoms with Gasteiger partial charge < -0.3 is 9.84 Å². The van der Waals surface area contributed by atoms with Gasteiger partial charge in [0.15, 0.2) is 5.82 Å². The van der Waals surface area contributed by atoms with E-state index in [1.165, 1.54) is 16.7 Å². The molecule has 4 rings (SSSR count). The number of piperidine rings is 1. The van der Waals surface area contributed by atoms with E-state index in [1.54, 1.807) is 11.6 Å². The number of nitrogens with one attached hydrogen (secondary N) is 1. The van der Waals surface area contributed by atoms with Crippen LogP contribution < -0.4 is 5.32 Å². The van der Waals surface area contributed by atoms with E-state index in [4.69, 9.17) is 4.52 Å². The first-order valence-electron chi connectivity index (χ1n) is 9.51. The Morgan fingerprint density at radius 1 is 1.36 bits per heavy atom. The molecule has 1 amide bonds. The fraction of sp³-hybridized carbons (Fsp3) is 0.647. The number of hydrogen-bond acceptors (Lipinski definition) is 7. The first-order chi connectivity index (χ1) is 13.4. The second-order valence-electron chi connectivity index (χ2n) is 7.36. The second-order valence-corrected chi connectivity index (χ2v) is 9.30. The van der Waals surface area contributed by atoms with Crippen molar-refractivity contribution in [2.24, 2.45) is 5.92 Å². The number of rotatable bonds is 6. The molecule has 28 heavy (non-hydrogen) atoms. The van der Waals surface area contributed by atoms with Gasteiger partial charge in [0.05, 0.1) is 18.2 Å². The molecule has 2 aromatic rings. The summed E-state index contributed by atoms with van der Waals surface area (Å²) in [6.07, 6.45) is 5.13. The SMILES string of the molecule is CCn1cc(S(=O)(=O)N2CC[C@H](c3nc(C)no3)[C@H](NC(=O)C3CC3)C2)cn1. The average Bonchev–Trinajstić information content (AvgIpc) is 3.25. The van der Waals surface area contributed by atoms with Gasteiger partial charge in [-0.25, -0.2) is 8.42 Å². The van der Waals surface area contributed by atoms with Crippen LogP contribution in [0.4, 0.5) is 0 Å². The fourth-order valence-electron chi connectivity index (χ4n) is 3.49. The second kappa shape index (κ2) is 7.28. The van der Waals surface area contributed by atoms with E-state index in [2.05, 4.69) is 20.6 Å². The number of amides is 1. The summed E-state index contributed by atoms with van der Waals surface area (Å²) in [6.45, 7) is 4.68. The predicted molar refractivity (Wildman–Crippen MR) is 97.7 cm³/mol. The third-order valence-electron chi connectivity index (χ3n) is 5.28. The normalized spacial score (nSPS) is 23.6. The maximum Gasteiger partial charge on any atom is 0.246 e. The molecule has 0 aromatic carbocycles. The van der Waals surface area contributed by atoms with E-state index in [9.17, 15) is 13.2 Å². The maximum absolute atomic E-state index is 13.0. The minimum Gasteiger partial charge on any atom is -0.351 e. The number of aromatic nitrogens is 4. The standard InChI is InChI=1S/C17H24N6O4S/c1-3-22-9-13(8-18-22)28(25,26)23-7-6-14(17-19-11(2)21-27-17)15(10-23)20-16(24)12-4-5-12/h8-9,12,14-15H,3-7,10H2,1-2H3,(H,20,24)/t14-,15+/m0/s1. The maximum atomic E-state index is 13.0. The smallest absolute Gasteiger partial charge is 0.246 e. The lowest BCUT2D eigenvalue weighted by atomic mass is 9.92. The Hall–Kier alpha value is -2.27. The summed E-state index contributed by atoms with van der Waals surface area (Å²) < 4.78 is 34.4. The molecule has 1 N–H and O–H groups in total. The van der Waals surface area contributed by atoms with Gasteiger partial charge in [0.25, 0.3) is 0 Å². The highest BCUT2D eigenvalue weighted by Crippen LogP contribution is 2.33. The van der Waals surface area contributed by atoms with Crippen LogP contribution in [-0.4, -0.2) is 57.7 Å². The molecule has 0 unspecified atom stereocenters. The Morgan fingerprint density at radius 3 is 2.75 bits per heavy atom. The van der Waals surface area contributed by atoms with Crippen molar-refractivity contribution in [1.82, 2.24) is 29.5 Å². The quantitative estimate of drug-likeness (QED) is 0.745. The number of hydrogen-bond donors (Lipinski definition) is 1. The van der Waals surface area contributed by atoms with Crippen molar-refractivity contribution in [3.63, 3.8) is 0 Å². The molecule has 1 saturated heterocycles. The van der Waals surface area contributed by atoms with Crippen molar-refractivity contribution in [2.75, 3.05) is 13.1 Å². The summed E-state index contributed by atoms with van der Waals surface area (Å²) in [5.74, 6) is 0.733. The van der Waals surface area contributed by atoms with Gasteiger partial charge in [-0.05, 0) is 33.1 Å². The lowest BCUT2D eigenvalue weighted by Gasteiger charge is -2.36. The van der Waals surface area contributed by atoms with Crippen LogP contribution >= 0.6 is 0 Å². The Morgan fingerprint density at radius 2 is 2.14 bits per heavy atom. The molecule has 0 bridgehead atoms. The van der Waals surface area contributed by atoms with Gasteiger partial charge in [0.2, 0.25) is 21.8 Å². The summed E-state index contributed by atoms with van der Waals surface area (Å²) in [4.78, 5) is 16.8. The largest absolute Gasteiger partial charge is 0.351 e. The van der Waals surface area contributed by atoms with Crippen LogP contribution in [0.25, 0.3) is 0 Å². The number of nitrogens with zero attached hydrogens (tertiary/aromatic N) is 5. The minimum atomic E-state index is -3.69. The van der Waals surface area contributed by atoms with Crippen molar-refractivity contribution >= 4 is 15.9 Å². The number of carbonyl (C=O) groups excluding carboxylic acids is 1. The average molecular weight is 408 g/mol. The Labute approximate surface area is 163 Å². The zero-order chi connectivity index (χ0) is 19.9. The molecule has 10 nitrogen and oxygen atoms in total. The summed E-state index contributed by atoms with van der Waals surface area (Å²) in [5.41, 5.74) is 0. The zero-order valence-electron chi connectivity index (χ0n) is 15.9. The number of carbonyl (C=O) groups is 1. The van der Waals surface area contributed by atoms with Crippen molar-refractivity contribution in [3.05, 3.63) is 24.1 Å². The van der Waals surface area contributed by atoms with Crippen LogP contribution in [0.3, 0.4) is 0 Å². The number of sulfonamides is 1. The van der Waals surface area contributed by atoms with Gasteiger partial charge in [-0.2, -0.15) is 14.4 Å². The molecule has 1 aliphatic carbocycles. The molecule has 11 heteroatoms. The molecule has 2 atom stereocenters. The van der Waals surface area contributed by atoms with E-state index < -0.39 is 16.1 Å². The molecule has 2 aliphatic rings. The number of aryl methyl sites for hydroxylation is 2. The molecule has 2 aromatic heterocycles. The van der Waals surface area contributed by atoms with Crippen molar-refractivity contribution < 1.29 is 17.7 Å². The summed E-state index contributed by atoms with van der Waals surface area (Å²) in [5, 5.41) is 10.9. The molecule has 3 heterocycles. The van der Waals surface area contributed by atoms with Gasteiger partial charge in [0.1, 0.15) is 4.90 Å². The van der Waals surface area contributed by atoms with Crippen molar-refractivity contribution in [3.8, 4) is 0 Å². The van der Waals surface area contributed by atoms with Gasteiger partial charge >= 0.3 is 0 Å². The van der Waals surface area contributed by atoms with Crippen LogP contribution in [0.1, 0.15) is 43.8 Å². The van der Waals surface area contributed by atoms with Crippen LogP contribution in [0, 0.1) is 12.8 Å². The Balaban J connectivity index is 1.57. The first-order valence-corrected chi connectivity index (χ1v) is 11.0. The molecule has 2 fully saturated rings. The van der Waals surface area contributed by atoms with E-state index in [-0.39, 0.29) is 29.2 Å². The van der Waals surface area contributed by atoms with Gasteiger partial charge in [-0.15, -0.1) is 0 Å². The van der Waals surface area contributed by atoms with E-state index >= 15 is 0 Å². The Bertz CT molecular complexity index is 964. The van der Waals surface area contributed by atoms with E-state index in [0.717, 1.165) is 12.8 Å². The highest BCUT2D eigenvalue weighted by molar-refractivity contribution is 7.89. The monoisotopic (exact) mass is 408 g/mol. The molecule has 0 spiro atoms. The molecular weight excluding hydrogens is 384 g/mol. The highest BCUT2D eigenvalue weighted by atomic mass is 32.2. The molecule has 0 radical (unpaired) electrons. The van der Waals surface area contributed by atoms with E-state index in [1.807, 2.05) is 6.92 Å². The summed E-state index contributed by atoms with van der Waals surface area (Å²) in [7, 11) is -3.69. The van der Waals surface area contributed by atoms with Gasteiger partial charge in [-0.1, -0.05) is 5.16 Å². The van der Waals surface area contributed by atoms with Crippen molar-refractivity contribution in [2.45, 2.75) is 56.5 Å². The van der Waals surface area contributed by atoms with Gasteiger partial charge in [-0.3, -0.25) is 9.48 Å². The van der Waals surface area contributed by atoms with Gasteiger partial charge in [0, 0.05) is 31.7 Å². The summed E-state index contributed by atoms with van der Waals surface area (Å²) in [6, 6.07) is -0.419. The molecule has 1 saturated carbocycles. The topological polar surface area (TPSA) is 123 Å². The molecule has 152 valence electrons. The molecular formula is C17H24N6O4S. The van der Waals surface area contributed by atoms with Crippen LogP contribution in [0.2, 0.25) is 0 Å². The fourth-order valence-corrected chi connectivity index (χ4v) is 4.93. The van der Waals surface area contributed by atoms with Crippen LogP contribution in [0.15, 0.2) is 21.8 Å². The molecule has 1 aliphatic heterocycles. The highest BCUT2D eigenvalue weighted by Gasteiger charge is 2.41. The lowest BCUT2D eigenvalue weighted by molar-refractivity contribution is -0.123. The minimum absolute atomic E-state index is 0.0276. The Kier molecular flexibility index (Phi) is 4.96. The predicted octanol–water partition coefficient (Wildman–Crippen LogP) is 0.667. The third kappa shape index (κ3) is 3.68. The zero-order valence-corrected chi connectivity index (χ0v) is 16.7.